The predicted molar refractivity (Wildman–Crippen MR) is 154 cm³/mol. The Balaban J connectivity index is 1.70. The molecule has 8 unspecified atom stereocenters. The molecule has 0 amide bonds. The van der Waals surface area contributed by atoms with E-state index in [0.29, 0.717) is 34.1 Å². The smallest absolute Gasteiger partial charge is 0.00982 e. The third-order valence-corrected chi connectivity index (χ3v) is 12.5. The van der Waals surface area contributed by atoms with Crippen LogP contribution in [0.4, 0.5) is 0 Å². The Hall–Kier alpha value is -0.0800. The summed E-state index contributed by atoms with van der Waals surface area (Å²) in [5, 5.41) is 4.10. The van der Waals surface area contributed by atoms with Crippen molar-refractivity contribution in [2.24, 2.45) is 57.5 Å². The first-order valence-electron chi connectivity index (χ1n) is 15.9. The lowest BCUT2D eigenvalue weighted by Crippen LogP contribution is -2.57. The minimum Gasteiger partial charge on any atom is -0.330 e. The minimum absolute atomic E-state index is 0.438. The topological polar surface area (TPSA) is 38.0 Å². The van der Waals surface area contributed by atoms with Crippen molar-refractivity contribution in [1.82, 2.24) is 5.32 Å². The lowest BCUT2D eigenvalue weighted by Gasteiger charge is -2.65. The molecule has 0 heterocycles. The van der Waals surface area contributed by atoms with Crippen molar-refractivity contribution in [3.63, 3.8) is 0 Å². The van der Waals surface area contributed by atoms with Crippen LogP contribution < -0.4 is 11.1 Å². The maximum Gasteiger partial charge on any atom is 0.00982 e. The summed E-state index contributed by atoms with van der Waals surface area (Å²) >= 11 is 0. The molecule has 3 rings (SSSR count). The molecule has 2 nitrogen and oxygen atoms in total. The standard InChI is InChI=1S/C33H64N2/c1-24(23-34)21-29(35-20-17-28-13-10-9-11-14-28)27(4)25(2)22-33(8)26(3)15-16-30-31(5,6)18-12-19-32(30,33)7/h24-30,35H,9-23,34H2,1-8H3. The third-order valence-electron chi connectivity index (χ3n) is 12.5. The lowest BCUT2D eigenvalue weighted by molar-refractivity contribution is -0.158. The quantitative estimate of drug-likeness (QED) is 0.305. The summed E-state index contributed by atoms with van der Waals surface area (Å²) in [5.74, 6) is 4.70. The van der Waals surface area contributed by atoms with E-state index in [1.165, 1.54) is 90.0 Å². The molecule has 3 aliphatic carbocycles. The summed E-state index contributed by atoms with van der Waals surface area (Å²) in [4.78, 5) is 0. The Morgan fingerprint density at radius 1 is 0.886 bits per heavy atom. The Kier molecular flexibility index (Phi) is 10.3. The van der Waals surface area contributed by atoms with Crippen molar-refractivity contribution in [2.45, 2.75) is 145 Å². The van der Waals surface area contributed by atoms with Crippen molar-refractivity contribution >= 4 is 0 Å². The molecule has 0 bridgehead atoms. The maximum atomic E-state index is 6.12. The van der Waals surface area contributed by atoms with E-state index >= 15 is 0 Å². The SMILES string of the molecule is CC(CN)CC(NCCC1CCCCC1)C(C)C(C)CC1(C)C(C)CCC2C(C)(C)CCCC21C. The van der Waals surface area contributed by atoms with Crippen LogP contribution in [0.25, 0.3) is 0 Å². The zero-order valence-electron chi connectivity index (χ0n) is 25.2. The summed E-state index contributed by atoms with van der Waals surface area (Å²) in [5.41, 5.74) is 7.54. The van der Waals surface area contributed by atoms with Crippen molar-refractivity contribution in [2.75, 3.05) is 13.1 Å². The van der Waals surface area contributed by atoms with Crippen LogP contribution in [-0.2, 0) is 0 Å². The van der Waals surface area contributed by atoms with Gasteiger partial charge in [-0.3, -0.25) is 0 Å². The molecular formula is C33H64N2. The highest BCUT2D eigenvalue weighted by atomic mass is 14.9. The van der Waals surface area contributed by atoms with E-state index in [1.54, 1.807) is 0 Å². The summed E-state index contributed by atoms with van der Waals surface area (Å²) in [6, 6.07) is 0.598. The molecule has 206 valence electrons. The highest BCUT2D eigenvalue weighted by Crippen LogP contribution is 2.67. The zero-order chi connectivity index (χ0) is 25.9. The molecule has 3 fully saturated rings. The van der Waals surface area contributed by atoms with Gasteiger partial charge in [0, 0.05) is 6.04 Å². The van der Waals surface area contributed by atoms with E-state index in [1.807, 2.05) is 0 Å². The second kappa shape index (κ2) is 12.2. The van der Waals surface area contributed by atoms with Crippen molar-refractivity contribution < 1.29 is 0 Å². The van der Waals surface area contributed by atoms with Crippen LogP contribution in [0.2, 0.25) is 0 Å². The number of hydrogen-bond donors (Lipinski definition) is 2. The predicted octanol–water partition coefficient (Wildman–Crippen LogP) is 8.83. The van der Waals surface area contributed by atoms with Crippen LogP contribution in [-0.4, -0.2) is 19.1 Å². The first-order valence-corrected chi connectivity index (χ1v) is 15.9. The first-order chi connectivity index (χ1) is 16.4. The van der Waals surface area contributed by atoms with Gasteiger partial charge in [-0.25, -0.2) is 0 Å². The fourth-order valence-corrected chi connectivity index (χ4v) is 9.46. The molecule has 0 radical (unpaired) electrons. The molecule has 0 aliphatic heterocycles. The van der Waals surface area contributed by atoms with Crippen molar-refractivity contribution in [3.05, 3.63) is 0 Å². The molecule has 0 aromatic carbocycles. The van der Waals surface area contributed by atoms with Gasteiger partial charge in [0.15, 0.2) is 0 Å². The van der Waals surface area contributed by atoms with Gasteiger partial charge in [-0.2, -0.15) is 0 Å². The zero-order valence-corrected chi connectivity index (χ0v) is 25.2. The lowest BCUT2D eigenvalue weighted by atomic mass is 9.40. The van der Waals surface area contributed by atoms with Crippen LogP contribution >= 0.6 is 0 Å². The fourth-order valence-electron chi connectivity index (χ4n) is 9.46. The number of rotatable bonds is 11. The Bertz CT molecular complexity index is 637. The van der Waals surface area contributed by atoms with Crippen LogP contribution in [0, 0.1) is 51.8 Å². The third kappa shape index (κ3) is 6.50. The fraction of sp³-hybridized carbons (Fsp3) is 1.00. The molecule has 0 saturated heterocycles. The van der Waals surface area contributed by atoms with E-state index < -0.39 is 0 Å². The number of nitrogens with one attached hydrogen (secondary N) is 1. The summed E-state index contributed by atoms with van der Waals surface area (Å²) in [6.07, 6.45) is 18.4. The summed E-state index contributed by atoms with van der Waals surface area (Å²) < 4.78 is 0. The van der Waals surface area contributed by atoms with E-state index in [-0.39, 0.29) is 0 Å². The van der Waals surface area contributed by atoms with Gasteiger partial charge in [0.2, 0.25) is 0 Å². The Labute approximate surface area is 220 Å². The summed E-state index contributed by atoms with van der Waals surface area (Å²) in [6.45, 7) is 22.7. The van der Waals surface area contributed by atoms with Gasteiger partial charge in [-0.1, -0.05) is 93.9 Å². The minimum atomic E-state index is 0.438. The van der Waals surface area contributed by atoms with E-state index in [0.717, 1.165) is 30.2 Å². The normalized spacial score (nSPS) is 37.3. The first kappa shape index (κ1) is 29.5. The Morgan fingerprint density at radius 3 is 2.23 bits per heavy atom. The Morgan fingerprint density at radius 2 is 1.57 bits per heavy atom. The maximum absolute atomic E-state index is 6.12. The van der Waals surface area contributed by atoms with Gasteiger partial charge in [-0.05, 0) is 110 Å². The molecule has 0 aromatic rings. The molecule has 35 heavy (non-hydrogen) atoms. The average Bonchev–Trinajstić information content (AvgIpc) is 2.81. The van der Waals surface area contributed by atoms with Crippen molar-refractivity contribution in [1.29, 1.82) is 0 Å². The molecule has 0 aromatic heterocycles. The summed E-state index contributed by atoms with van der Waals surface area (Å²) in [7, 11) is 0. The van der Waals surface area contributed by atoms with Crippen LogP contribution in [0.15, 0.2) is 0 Å². The van der Waals surface area contributed by atoms with Gasteiger partial charge in [0.1, 0.15) is 0 Å². The highest BCUT2D eigenvalue weighted by molar-refractivity contribution is 5.08. The van der Waals surface area contributed by atoms with Gasteiger partial charge in [-0.15, -0.1) is 0 Å². The number of hydrogen-bond acceptors (Lipinski definition) is 2. The monoisotopic (exact) mass is 489 g/mol. The van der Waals surface area contributed by atoms with E-state index in [2.05, 4.69) is 60.7 Å². The average molecular weight is 489 g/mol. The number of fused-ring (bicyclic) bond motifs is 1. The van der Waals surface area contributed by atoms with E-state index in [4.69, 9.17) is 5.73 Å². The molecule has 8 atom stereocenters. The molecule has 0 spiro atoms. The highest BCUT2D eigenvalue weighted by Gasteiger charge is 2.59. The van der Waals surface area contributed by atoms with Gasteiger partial charge in [0.25, 0.3) is 0 Å². The van der Waals surface area contributed by atoms with Gasteiger partial charge >= 0.3 is 0 Å². The second-order valence-corrected chi connectivity index (χ2v) is 15.2. The van der Waals surface area contributed by atoms with Crippen LogP contribution in [0.5, 0.6) is 0 Å². The number of nitrogens with two attached hydrogens (primary N) is 1. The van der Waals surface area contributed by atoms with Gasteiger partial charge in [0.05, 0.1) is 0 Å². The molecule has 2 heteroatoms. The van der Waals surface area contributed by atoms with Crippen LogP contribution in [0.3, 0.4) is 0 Å². The van der Waals surface area contributed by atoms with E-state index in [9.17, 15) is 0 Å². The largest absolute Gasteiger partial charge is 0.330 e. The van der Waals surface area contributed by atoms with Gasteiger partial charge < -0.3 is 11.1 Å². The van der Waals surface area contributed by atoms with Crippen LogP contribution in [0.1, 0.15) is 139 Å². The molecule has 3 aliphatic rings. The molecule has 3 N–H and O–H groups in total. The molecule has 3 saturated carbocycles. The second-order valence-electron chi connectivity index (χ2n) is 15.2. The molecular weight excluding hydrogens is 424 g/mol. The van der Waals surface area contributed by atoms with Crippen molar-refractivity contribution in [3.8, 4) is 0 Å².